The molecule has 7 heteroatoms. The van der Waals surface area contributed by atoms with Crippen LogP contribution in [0.1, 0.15) is 0 Å². The number of aromatic amines is 1. The molecule has 2 N–H and O–H groups in total. The Bertz CT molecular complexity index is 702. The van der Waals surface area contributed by atoms with Crippen LogP contribution in [0.5, 0.6) is 0 Å². The van der Waals surface area contributed by atoms with Crippen LogP contribution in [-0.4, -0.2) is 24.9 Å². The average Bonchev–Trinajstić information content (AvgIpc) is 2.28. The van der Waals surface area contributed by atoms with E-state index in [9.17, 15) is 13.2 Å². The van der Waals surface area contributed by atoms with Gasteiger partial charge in [0.05, 0.1) is 11.9 Å². The molecule has 0 unspecified atom stereocenters. The molecule has 1 heterocycles. The van der Waals surface area contributed by atoms with E-state index in [1.165, 1.54) is 6.07 Å². The second-order valence-corrected chi connectivity index (χ2v) is 5.51. The highest BCUT2D eigenvalue weighted by molar-refractivity contribution is 7.92. The summed E-state index contributed by atoms with van der Waals surface area (Å²) in [6.07, 6.45) is 1.08. The van der Waals surface area contributed by atoms with Gasteiger partial charge in [-0.25, -0.2) is 13.5 Å². The number of nitrogens with zero attached hydrogens (tertiary/aromatic N) is 1. The van der Waals surface area contributed by atoms with E-state index in [2.05, 4.69) is 14.9 Å². The summed E-state index contributed by atoms with van der Waals surface area (Å²) in [6.45, 7) is 0. The molecule has 0 fully saturated rings. The van der Waals surface area contributed by atoms with Gasteiger partial charge >= 0.3 is 0 Å². The van der Waals surface area contributed by atoms with Gasteiger partial charge in [0.15, 0.2) is 0 Å². The molecule has 0 aliphatic rings. The monoisotopic (exact) mass is 265 g/mol. The molecule has 18 heavy (non-hydrogen) atoms. The fraction of sp³-hybridized carbons (Fsp3) is 0.0909. The van der Waals surface area contributed by atoms with Crippen molar-refractivity contribution in [2.75, 3.05) is 11.0 Å². The number of anilines is 1. The third-order valence-corrected chi connectivity index (χ3v) is 2.75. The number of sulfonamides is 1. The maximum Gasteiger partial charge on any atom is 0.264 e. The van der Waals surface area contributed by atoms with Crippen molar-refractivity contribution < 1.29 is 8.42 Å². The van der Waals surface area contributed by atoms with Gasteiger partial charge < -0.3 is 0 Å². The molecule has 94 valence electrons. The predicted molar refractivity (Wildman–Crippen MR) is 68.8 cm³/mol. The normalized spacial score (nSPS) is 11.2. The molecule has 6 nitrogen and oxygen atoms in total. The molecule has 1 aromatic heterocycles. The van der Waals surface area contributed by atoms with Crippen molar-refractivity contribution in [3.63, 3.8) is 0 Å². The van der Waals surface area contributed by atoms with Crippen LogP contribution in [0.3, 0.4) is 0 Å². The highest BCUT2D eigenvalue weighted by Crippen LogP contribution is 2.20. The van der Waals surface area contributed by atoms with Gasteiger partial charge in [-0.1, -0.05) is 12.1 Å². The van der Waals surface area contributed by atoms with Gasteiger partial charge in [0.2, 0.25) is 10.0 Å². The van der Waals surface area contributed by atoms with Crippen molar-refractivity contribution >= 4 is 15.7 Å². The Morgan fingerprint density at radius 1 is 1.22 bits per heavy atom. The minimum Gasteiger partial charge on any atom is -0.284 e. The van der Waals surface area contributed by atoms with Crippen LogP contribution in [0.15, 0.2) is 41.2 Å². The van der Waals surface area contributed by atoms with E-state index in [1.807, 2.05) is 0 Å². The van der Waals surface area contributed by atoms with Crippen molar-refractivity contribution in [3.8, 4) is 11.3 Å². The van der Waals surface area contributed by atoms with Crippen molar-refractivity contribution in [3.05, 3.63) is 46.8 Å². The molecule has 0 aliphatic carbocycles. The van der Waals surface area contributed by atoms with Gasteiger partial charge in [-0.3, -0.25) is 9.52 Å². The van der Waals surface area contributed by atoms with E-state index in [0.717, 1.165) is 6.26 Å². The smallest absolute Gasteiger partial charge is 0.264 e. The molecule has 0 spiro atoms. The lowest BCUT2D eigenvalue weighted by molar-refractivity contribution is 0.607. The Kier molecular flexibility index (Phi) is 3.15. The Morgan fingerprint density at radius 3 is 2.61 bits per heavy atom. The quantitative estimate of drug-likeness (QED) is 0.859. The first-order chi connectivity index (χ1) is 8.44. The Balaban J connectivity index is 2.38. The van der Waals surface area contributed by atoms with E-state index >= 15 is 0 Å². The summed E-state index contributed by atoms with van der Waals surface area (Å²) in [5.41, 5.74) is 1.43. The number of H-pyrrole nitrogens is 1. The summed E-state index contributed by atoms with van der Waals surface area (Å²) in [6, 6.07) is 9.68. The zero-order valence-corrected chi connectivity index (χ0v) is 10.4. The number of benzene rings is 1. The highest BCUT2D eigenvalue weighted by Gasteiger charge is 2.04. The first kappa shape index (κ1) is 12.3. The van der Waals surface area contributed by atoms with Crippen molar-refractivity contribution in [1.29, 1.82) is 0 Å². The summed E-state index contributed by atoms with van der Waals surface area (Å²) in [7, 11) is -3.31. The molecule has 0 radical (unpaired) electrons. The van der Waals surface area contributed by atoms with Crippen LogP contribution in [0.25, 0.3) is 11.3 Å². The lowest BCUT2D eigenvalue weighted by atomic mass is 10.1. The first-order valence-electron chi connectivity index (χ1n) is 5.08. The lowest BCUT2D eigenvalue weighted by Gasteiger charge is -2.05. The van der Waals surface area contributed by atoms with E-state index in [4.69, 9.17) is 0 Å². The minimum atomic E-state index is -3.31. The topological polar surface area (TPSA) is 91.9 Å². The fourth-order valence-corrected chi connectivity index (χ4v) is 2.02. The molecular weight excluding hydrogens is 254 g/mol. The summed E-state index contributed by atoms with van der Waals surface area (Å²) in [5, 5.41) is 6.19. The molecular formula is C11H11N3O3S. The minimum absolute atomic E-state index is 0.288. The number of hydrogen-bond donors (Lipinski definition) is 2. The zero-order valence-electron chi connectivity index (χ0n) is 9.54. The van der Waals surface area contributed by atoms with E-state index in [0.29, 0.717) is 16.9 Å². The molecule has 0 atom stereocenters. The Morgan fingerprint density at radius 2 is 2.00 bits per heavy atom. The zero-order chi connectivity index (χ0) is 13.2. The maximum atomic E-state index is 11.1. The molecule has 0 aliphatic heterocycles. The fourth-order valence-electron chi connectivity index (χ4n) is 1.46. The lowest BCUT2D eigenvalue weighted by Crippen LogP contribution is -2.09. The number of nitrogens with one attached hydrogen (secondary N) is 2. The molecule has 0 saturated carbocycles. The van der Waals surface area contributed by atoms with Gasteiger partial charge in [0.1, 0.15) is 0 Å². The summed E-state index contributed by atoms with van der Waals surface area (Å²) in [5.74, 6) is 0. The van der Waals surface area contributed by atoms with Crippen LogP contribution >= 0.6 is 0 Å². The van der Waals surface area contributed by atoms with Crippen LogP contribution in [0, 0.1) is 0 Å². The van der Waals surface area contributed by atoms with E-state index < -0.39 is 10.0 Å². The van der Waals surface area contributed by atoms with Crippen LogP contribution < -0.4 is 10.3 Å². The number of aromatic nitrogens is 2. The second-order valence-electron chi connectivity index (χ2n) is 3.76. The van der Waals surface area contributed by atoms with Gasteiger partial charge in [-0.15, -0.1) is 0 Å². The number of hydrogen-bond acceptors (Lipinski definition) is 4. The van der Waals surface area contributed by atoms with Crippen LogP contribution in [-0.2, 0) is 10.0 Å². The molecule has 2 rings (SSSR count). The van der Waals surface area contributed by atoms with Gasteiger partial charge in [0.25, 0.3) is 5.56 Å². The molecule has 0 amide bonds. The first-order valence-corrected chi connectivity index (χ1v) is 6.97. The van der Waals surface area contributed by atoms with Crippen molar-refractivity contribution in [2.45, 2.75) is 0 Å². The standard InChI is InChI=1S/C11H11N3O3S/c1-18(16,17)14-9-4-2-3-8(7-9)10-5-6-11(15)13-12-10/h2-7,14H,1H3,(H,13,15). The SMILES string of the molecule is CS(=O)(=O)Nc1cccc(-c2ccc(=O)[nH]n2)c1. The van der Waals surface area contributed by atoms with E-state index in [1.54, 1.807) is 30.3 Å². The molecule has 2 aromatic rings. The van der Waals surface area contributed by atoms with Gasteiger partial charge in [0, 0.05) is 17.3 Å². The molecule has 1 aromatic carbocycles. The Labute approximate surface area is 104 Å². The maximum absolute atomic E-state index is 11.1. The summed E-state index contributed by atoms with van der Waals surface area (Å²) < 4.78 is 24.6. The molecule has 0 bridgehead atoms. The highest BCUT2D eigenvalue weighted by atomic mass is 32.2. The number of rotatable bonds is 3. The largest absolute Gasteiger partial charge is 0.284 e. The van der Waals surface area contributed by atoms with Crippen LogP contribution in [0.2, 0.25) is 0 Å². The second kappa shape index (κ2) is 4.61. The van der Waals surface area contributed by atoms with Crippen molar-refractivity contribution in [2.24, 2.45) is 0 Å². The molecule has 0 saturated heterocycles. The van der Waals surface area contributed by atoms with Crippen LogP contribution in [0.4, 0.5) is 5.69 Å². The van der Waals surface area contributed by atoms with Gasteiger partial charge in [-0.05, 0) is 18.2 Å². The summed E-state index contributed by atoms with van der Waals surface area (Å²) >= 11 is 0. The summed E-state index contributed by atoms with van der Waals surface area (Å²) in [4.78, 5) is 10.9. The third kappa shape index (κ3) is 3.17. The van der Waals surface area contributed by atoms with Crippen molar-refractivity contribution in [1.82, 2.24) is 10.2 Å². The van der Waals surface area contributed by atoms with Gasteiger partial charge in [-0.2, -0.15) is 5.10 Å². The Hall–Kier alpha value is -2.15. The average molecular weight is 265 g/mol. The predicted octanol–water partition coefficient (Wildman–Crippen LogP) is 0.808. The third-order valence-electron chi connectivity index (χ3n) is 2.14. The van der Waals surface area contributed by atoms with E-state index in [-0.39, 0.29) is 5.56 Å².